The van der Waals surface area contributed by atoms with Crippen molar-refractivity contribution in [3.8, 4) is 0 Å². The Morgan fingerprint density at radius 1 is 1.60 bits per heavy atom. The molecule has 0 aromatic heterocycles. The predicted octanol–water partition coefficient (Wildman–Crippen LogP) is 0.481. The van der Waals surface area contributed by atoms with Crippen LogP contribution >= 0.6 is 0 Å². The van der Waals surface area contributed by atoms with Gasteiger partial charge in [0.1, 0.15) is 0 Å². The minimum absolute atomic E-state index is 0.229. The lowest BCUT2D eigenvalue weighted by atomic mass is 10.0. The maximum atomic E-state index is 11.6. The molecular formula is C10H20N2O2S. The summed E-state index contributed by atoms with van der Waals surface area (Å²) in [4.78, 5) is 0. The number of piperidine rings is 1. The Morgan fingerprint density at radius 3 is 2.87 bits per heavy atom. The van der Waals surface area contributed by atoms with Gasteiger partial charge in [-0.2, -0.15) is 0 Å². The predicted molar refractivity (Wildman–Crippen MR) is 62.2 cm³/mol. The maximum absolute atomic E-state index is 11.6. The molecule has 1 aliphatic rings. The first kappa shape index (κ1) is 12.7. The standard InChI is InChI=1S/C10H20N2O2S/c1-9(2)6-12-15(13,14)8-10-4-3-5-11-7-10/h10-12H,1,3-8H2,2H3. The van der Waals surface area contributed by atoms with Gasteiger partial charge in [0.15, 0.2) is 0 Å². The second kappa shape index (κ2) is 5.63. The minimum Gasteiger partial charge on any atom is -0.316 e. The van der Waals surface area contributed by atoms with Crippen molar-refractivity contribution in [2.24, 2.45) is 5.92 Å². The molecule has 0 spiro atoms. The van der Waals surface area contributed by atoms with Crippen molar-refractivity contribution in [2.45, 2.75) is 19.8 Å². The van der Waals surface area contributed by atoms with Crippen molar-refractivity contribution in [2.75, 3.05) is 25.4 Å². The zero-order valence-corrected chi connectivity index (χ0v) is 10.1. The monoisotopic (exact) mass is 232 g/mol. The fourth-order valence-electron chi connectivity index (χ4n) is 1.67. The molecule has 0 bridgehead atoms. The largest absolute Gasteiger partial charge is 0.316 e. The topological polar surface area (TPSA) is 58.2 Å². The molecular weight excluding hydrogens is 212 g/mol. The zero-order chi connectivity index (χ0) is 11.3. The van der Waals surface area contributed by atoms with Gasteiger partial charge in [-0.05, 0) is 38.8 Å². The van der Waals surface area contributed by atoms with Gasteiger partial charge in [-0.15, -0.1) is 0 Å². The highest BCUT2D eigenvalue weighted by molar-refractivity contribution is 7.89. The van der Waals surface area contributed by atoms with Gasteiger partial charge in [-0.25, -0.2) is 13.1 Å². The molecule has 0 aliphatic carbocycles. The number of rotatable bonds is 5. The van der Waals surface area contributed by atoms with Gasteiger partial charge >= 0.3 is 0 Å². The minimum atomic E-state index is -3.13. The lowest BCUT2D eigenvalue weighted by molar-refractivity contribution is 0.403. The number of nitrogens with one attached hydrogen (secondary N) is 2. The van der Waals surface area contributed by atoms with Crippen LogP contribution in [-0.4, -0.2) is 33.8 Å². The molecule has 4 nitrogen and oxygen atoms in total. The van der Waals surface area contributed by atoms with Crippen LogP contribution in [0.25, 0.3) is 0 Å². The Bertz CT molecular complexity index is 305. The fourth-order valence-corrected chi connectivity index (χ4v) is 3.16. The lowest BCUT2D eigenvalue weighted by Gasteiger charge is -2.22. The van der Waals surface area contributed by atoms with E-state index in [1.807, 2.05) is 6.92 Å². The lowest BCUT2D eigenvalue weighted by Crippen LogP contribution is -2.37. The van der Waals surface area contributed by atoms with Crippen LogP contribution in [-0.2, 0) is 10.0 Å². The molecule has 1 atom stereocenters. The van der Waals surface area contributed by atoms with Crippen molar-refractivity contribution in [3.05, 3.63) is 12.2 Å². The van der Waals surface area contributed by atoms with E-state index in [4.69, 9.17) is 0 Å². The van der Waals surface area contributed by atoms with E-state index in [0.29, 0.717) is 6.54 Å². The van der Waals surface area contributed by atoms with Gasteiger partial charge in [0, 0.05) is 6.54 Å². The van der Waals surface area contributed by atoms with E-state index >= 15 is 0 Å². The van der Waals surface area contributed by atoms with Crippen molar-refractivity contribution in [3.63, 3.8) is 0 Å². The first-order chi connectivity index (χ1) is 6.99. The average molecular weight is 232 g/mol. The Labute approximate surface area is 92.2 Å². The molecule has 1 fully saturated rings. The molecule has 15 heavy (non-hydrogen) atoms. The Hall–Kier alpha value is -0.390. The summed E-state index contributed by atoms with van der Waals surface area (Å²) in [5, 5.41) is 3.21. The average Bonchev–Trinajstić information content (AvgIpc) is 2.16. The van der Waals surface area contributed by atoms with Crippen LogP contribution in [0, 0.1) is 5.92 Å². The van der Waals surface area contributed by atoms with Crippen molar-refractivity contribution >= 4 is 10.0 Å². The van der Waals surface area contributed by atoms with Gasteiger partial charge in [-0.1, -0.05) is 12.2 Å². The first-order valence-electron chi connectivity index (χ1n) is 5.32. The van der Waals surface area contributed by atoms with E-state index in [0.717, 1.165) is 31.5 Å². The second-order valence-corrected chi connectivity index (χ2v) is 6.12. The summed E-state index contributed by atoms with van der Waals surface area (Å²) < 4.78 is 25.8. The quantitative estimate of drug-likeness (QED) is 0.678. The van der Waals surface area contributed by atoms with Crippen molar-refractivity contribution in [1.29, 1.82) is 0 Å². The van der Waals surface area contributed by atoms with Crippen LogP contribution in [0.2, 0.25) is 0 Å². The summed E-state index contributed by atoms with van der Waals surface area (Å²) in [5.41, 5.74) is 0.834. The molecule has 0 radical (unpaired) electrons. The third kappa shape index (κ3) is 5.30. The molecule has 0 aromatic carbocycles. The molecule has 1 heterocycles. The van der Waals surface area contributed by atoms with Crippen LogP contribution in [0.3, 0.4) is 0 Å². The highest BCUT2D eigenvalue weighted by atomic mass is 32.2. The normalized spacial score (nSPS) is 22.6. The molecule has 1 unspecified atom stereocenters. The first-order valence-corrected chi connectivity index (χ1v) is 6.97. The zero-order valence-electron chi connectivity index (χ0n) is 9.25. The smallest absolute Gasteiger partial charge is 0.212 e. The Morgan fingerprint density at radius 2 is 2.33 bits per heavy atom. The van der Waals surface area contributed by atoms with Crippen LogP contribution in [0.5, 0.6) is 0 Å². The van der Waals surface area contributed by atoms with Crippen molar-refractivity contribution in [1.82, 2.24) is 10.0 Å². The molecule has 1 rings (SSSR count). The molecule has 0 amide bonds. The van der Waals surface area contributed by atoms with Crippen LogP contribution in [0.15, 0.2) is 12.2 Å². The fraction of sp³-hybridized carbons (Fsp3) is 0.800. The number of hydrogen-bond donors (Lipinski definition) is 2. The summed E-state index contributed by atoms with van der Waals surface area (Å²) in [6.07, 6.45) is 2.07. The molecule has 5 heteroatoms. The molecule has 2 N–H and O–H groups in total. The summed E-state index contributed by atoms with van der Waals surface area (Å²) >= 11 is 0. The van der Waals surface area contributed by atoms with Gasteiger partial charge in [0.05, 0.1) is 5.75 Å². The third-order valence-electron chi connectivity index (χ3n) is 2.45. The van der Waals surface area contributed by atoms with E-state index < -0.39 is 10.0 Å². The molecule has 1 saturated heterocycles. The molecule has 0 saturated carbocycles. The molecule has 0 aromatic rings. The van der Waals surface area contributed by atoms with Crippen LogP contribution in [0.1, 0.15) is 19.8 Å². The highest BCUT2D eigenvalue weighted by Gasteiger charge is 2.20. The summed E-state index contributed by atoms with van der Waals surface area (Å²) in [7, 11) is -3.13. The molecule has 88 valence electrons. The van der Waals surface area contributed by atoms with Crippen LogP contribution < -0.4 is 10.0 Å². The summed E-state index contributed by atoms with van der Waals surface area (Å²) in [5.74, 6) is 0.481. The van der Waals surface area contributed by atoms with E-state index in [1.165, 1.54) is 0 Å². The van der Waals surface area contributed by atoms with Crippen molar-refractivity contribution < 1.29 is 8.42 Å². The maximum Gasteiger partial charge on any atom is 0.212 e. The number of sulfonamides is 1. The van der Waals surface area contributed by atoms with Crippen LogP contribution in [0.4, 0.5) is 0 Å². The third-order valence-corrected chi connectivity index (χ3v) is 3.94. The van der Waals surface area contributed by atoms with E-state index in [-0.39, 0.29) is 11.7 Å². The number of hydrogen-bond acceptors (Lipinski definition) is 3. The Balaban J connectivity index is 2.37. The van der Waals surface area contributed by atoms with Gasteiger partial charge in [-0.3, -0.25) is 0 Å². The summed E-state index contributed by atoms with van der Waals surface area (Å²) in [6.45, 7) is 7.65. The van der Waals surface area contributed by atoms with E-state index in [1.54, 1.807) is 0 Å². The summed E-state index contributed by atoms with van der Waals surface area (Å²) in [6, 6.07) is 0. The molecule has 1 aliphatic heterocycles. The van der Waals surface area contributed by atoms with Gasteiger partial charge in [0.25, 0.3) is 0 Å². The van der Waals surface area contributed by atoms with E-state index in [2.05, 4.69) is 16.6 Å². The van der Waals surface area contributed by atoms with E-state index in [9.17, 15) is 8.42 Å². The van der Waals surface area contributed by atoms with Gasteiger partial charge < -0.3 is 5.32 Å². The van der Waals surface area contributed by atoms with Gasteiger partial charge in [0.2, 0.25) is 10.0 Å². The Kier molecular flexibility index (Phi) is 4.76. The second-order valence-electron chi connectivity index (χ2n) is 4.27. The highest BCUT2D eigenvalue weighted by Crippen LogP contribution is 2.11. The SMILES string of the molecule is C=C(C)CNS(=O)(=O)CC1CCCNC1.